The molecule has 0 radical (unpaired) electrons. The molecule has 0 amide bonds. The van der Waals surface area contributed by atoms with Crippen LogP contribution in [0, 0.1) is 0 Å². The summed E-state index contributed by atoms with van der Waals surface area (Å²) < 4.78 is 15.6. The Kier molecular flexibility index (Phi) is 3.75. The topological polar surface area (TPSA) is 34.5 Å². The van der Waals surface area contributed by atoms with Crippen molar-refractivity contribution in [1.29, 1.82) is 0 Å². The fourth-order valence-electron chi connectivity index (χ4n) is 7.10. The number of nitrogens with zero attached hydrogens (tertiary/aromatic N) is 2. The van der Waals surface area contributed by atoms with Gasteiger partial charge in [0, 0.05) is 38.9 Å². The third-order valence-electron chi connectivity index (χ3n) is 8.75. The number of aromatic nitrogens is 1. The monoisotopic (exact) mass is 514 g/mol. The summed E-state index contributed by atoms with van der Waals surface area (Å²) in [7, 11) is 0. The minimum Gasteiger partial charge on any atom is -0.458 e. The average molecular weight is 515 g/mol. The predicted molar refractivity (Wildman–Crippen MR) is 163 cm³/mol. The number of benzene rings is 5. The summed E-state index contributed by atoms with van der Waals surface area (Å²) in [6.45, 7) is 0. The van der Waals surface area contributed by atoms with Crippen molar-refractivity contribution >= 4 is 77.9 Å². The lowest BCUT2D eigenvalue weighted by molar-refractivity contribution is 0.548. The van der Waals surface area contributed by atoms with Gasteiger partial charge in [0.15, 0.2) is 11.2 Å². The Labute approximate surface area is 228 Å². The van der Waals surface area contributed by atoms with E-state index in [1.165, 1.54) is 27.2 Å². The van der Waals surface area contributed by atoms with E-state index in [0.717, 1.165) is 74.4 Å². The van der Waals surface area contributed by atoms with Gasteiger partial charge in [0.1, 0.15) is 11.3 Å². The second-order valence-electron chi connectivity index (χ2n) is 10.8. The number of hydrogen-bond acceptors (Lipinski definition) is 3. The minimum absolute atomic E-state index is 0.896. The van der Waals surface area contributed by atoms with Gasteiger partial charge in [0.05, 0.1) is 33.8 Å². The van der Waals surface area contributed by atoms with E-state index in [1.807, 2.05) is 12.1 Å². The highest BCUT2D eigenvalue weighted by Crippen LogP contribution is 2.52. The highest BCUT2D eigenvalue weighted by molar-refractivity contribution is 6.23. The summed E-state index contributed by atoms with van der Waals surface area (Å²) in [4.78, 5) is 2.37. The molecule has 188 valence electrons. The normalized spacial score (nSPS) is 14.2. The first-order valence-electron chi connectivity index (χ1n) is 13.8. The van der Waals surface area contributed by atoms with Crippen LogP contribution in [0.3, 0.4) is 0 Å². The molecule has 0 bridgehead atoms. The van der Waals surface area contributed by atoms with Crippen LogP contribution in [0.5, 0.6) is 0 Å². The molecule has 4 heteroatoms. The van der Waals surface area contributed by atoms with Crippen LogP contribution in [-0.2, 0) is 6.42 Å². The molecule has 0 spiro atoms. The number of rotatable bonds is 1. The molecule has 1 aliphatic heterocycles. The maximum atomic E-state index is 6.66. The zero-order chi connectivity index (χ0) is 25.9. The van der Waals surface area contributed by atoms with Crippen LogP contribution < -0.4 is 4.90 Å². The highest BCUT2D eigenvalue weighted by atomic mass is 16.3. The van der Waals surface area contributed by atoms with Gasteiger partial charge in [-0.25, -0.2) is 0 Å². The maximum Gasteiger partial charge on any atom is 0.159 e. The number of anilines is 3. The summed E-state index contributed by atoms with van der Waals surface area (Å²) in [5, 5.41) is 5.87. The van der Waals surface area contributed by atoms with Gasteiger partial charge in [-0.2, -0.15) is 0 Å². The van der Waals surface area contributed by atoms with Crippen LogP contribution >= 0.6 is 0 Å². The first-order chi connectivity index (χ1) is 19.9. The third-order valence-corrected chi connectivity index (χ3v) is 8.75. The molecule has 0 fully saturated rings. The Bertz CT molecular complexity index is 2400. The van der Waals surface area contributed by atoms with Crippen LogP contribution in [0.4, 0.5) is 17.1 Å². The second kappa shape index (κ2) is 7.25. The number of aryl methyl sites for hydroxylation is 1. The van der Waals surface area contributed by atoms with E-state index < -0.39 is 0 Å². The molecule has 2 aliphatic rings. The Morgan fingerprint density at radius 2 is 1.25 bits per heavy atom. The average Bonchev–Trinajstić information content (AvgIpc) is 3.68. The van der Waals surface area contributed by atoms with E-state index in [0.29, 0.717) is 0 Å². The van der Waals surface area contributed by atoms with Crippen molar-refractivity contribution in [2.75, 3.05) is 4.90 Å². The maximum absolute atomic E-state index is 6.66. The van der Waals surface area contributed by atoms with Gasteiger partial charge < -0.3 is 18.3 Å². The fraction of sp³-hybridized carbons (Fsp3) is 0.0556. The van der Waals surface area contributed by atoms with Gasteiger partial charge >= 0.3 is 0 Å². The van der Waals surface area contributed by atoms with Gasteiger partial charge in [-0.05, 0) is 42.8 Å². The first kappa shape index (κ1) is 20.7. The van der Waals surface area contributed by atoms with E-state index >= 15 is 0 Å². The minimum atomic E-state index is 0.896. The summed E-state index contributed by atoms with van der Waals surface area (Å²) in [5.74, 6) is 1.09. The van der Waals surface area contributed by atoms with Gasteiger partial charge in [-0.3, -0.25) is 0 Å². The largest absolute Gasteiger partial charge is 0.458 e. The fourth-order valence-corrected chi connectivity index (χ4v) is 7.10. The molecule has 3 aromatic heterocycles. The summed E-state index contributed by atoms with van der Waals surface area (Å²) in [6, 6.07) is 34.6. The van der Waals surface area contributed by atoms with Crippen molar-refractivity contribution < 1.29 is 8.83 Å². The molecule has 8 aromatic rings. The summed E-state index contributed by atoms with van der Waals surface area (Å²) in [6.07, 6.45) is 6.45. The number of para-hydroxylation sites is 5. The van der Waals surface area contributed by atoms with Crippen molar-refractivity contribution in [3.63, 3.8) is 0 Å². The standard InChI is InChI=1S/C36H22N2O2/c1-5-17-31-21(9-1)25-12-8-16-30(35(25)39-31)37-27-13-3-4-14-28(27)38-33-23(11-7-15-29(33)37)24-19-20-26-22-10-2-6-18-32(22)40-36(26)34(24)38/h1-5,7-17,19-20H,6,18H2. The molecular weight excluding hydrogens is 492 g/mol. The van der Waals surface area contributed by atoms with Gasteiger partial charge in [-0.1, -0.05) is 72.8 Å². The predicted octanol–water partition coefficient (Wildman–Crippen LogP) is 10.2. The second-order valence-corrected chi connectivity index (χ2v) is 10.8. The van der Waals surface area contributed by atoms with E-state index in [-0.39, 0.29) is 0 Å². The molecular formula is C36H22N2O2. The third kappa shape index (κ3) is 2.43. The lowest BCUT2D eigenvalue weighted by atomic mass is 10.0. The first-order valence-corrected chi connectivity index (χ1v) is 13.8. The van der Waals surface area contributed by atoms with Gasteiger partial charge in [0.25, 0.3) is 0 Å². The Morgan fingerprint density at radius 3 is 2.20 bits per heavy atom. The Balaban J connectivity index is 1.37. The van der Waals surface area contributed by atoms with Gasteiger partial charge in [-0.15, -0.1) is 0 Å². The van der Waals surface area contributed by atoms with E-state index in [1.54, 1.807) is 0 Å². The highest BCUT2D eigenvalue weighted by Gasteiger charge is 2.31. The van der Waals surface area contributed by atoms with Crippen molar-refractivity contribution in [3.05, 3.63) is 114 Å². The molecule has 0 saturated carbocycles. The van der Waals surface area contributed by atoms with E-state index in [9.17, 15) is 0 Å². The molecule has 4 heterocycles. The van der Waals surface area contributed by atoms with Crippen molar-refractivity contribution in [2.24, 2.45) is 0 Å². The molecule has 40 heavy (non-hydrogen) atoms. The number of fused-ring (bicyclic) bond motifs is 12. The van der Waals surface area contributed by atoms with Crippen molar-refractivity contribution in [2.45, 2.75) is 12.8 Å². The molecule has 0 N–H and O–H groups in total. The Hall–Kier alpha value is -5.22. The Morgan fingerprint density at radius 1 is 0.525 bits per heavy atom. The van der Waals surface area contributed by atoms with E-state index in [2.05, 4.69) is 107 Å². The summed E-state index contributed by atoms with van der Waals surface area (Å²) in [5.41, 5.74) is 10.7. The van der Waals surface area contributed by atoms with Gasteiger partial charge in [0.2, 0.25) is 0 Å². The zero-order valence-electron chi connectivity index (χ0n) is 21.5. The molecule has 0 unspecified atom stereocenters. The number of hydrogen-bond donors (Lipinski definition) is 0. The number of allylic oxidation sites excluding steroid dienone is 1. The smallest absolute Gasteiger partial charge is 0.159 e. The molecule has 0 saturated heterocycles. The van der Waals surface area contributed by atoms with Crippen LogP contribution in [0.15, 0.2) is 112 Å². The summed E-state index contributed by atoms with van der Waals surface area (Å²) >= 11 is 0. The molecule has 4 nitrogen and oxygen atoms in total. The quantitative estimate of drug-likeness (QED) is 0.219. The van der Waals surface area contributed by atoms with E-state index in [4.69, 9.17) is 8.83 Å². The van der Waals surface area contributed by atoms with Crippen molar-refractivity contribution in [3.8, 4) is 5.69 Å². The molecule has 0 atom stereocenters. The SMILES string of the molecule is C1=Cc2c(oc3c2ccc2c4cccc5c4n(c23)-c2ccccc2N5c2cccc3c2oc2ccccc23)CC1. The zero-order valence-corrected chi connectivity index (χ0v) is 21.5. The molecule has 10 rings (SSSR count). The lowest BCUT2D eigenvalue weighted by Gasteiger charge is -2.33. The van der Waals surface area contributed by atoms with Crippen LogP contribution in [0.2, 0.25) is 0 Å². The number of furan rings is 2. The molecule has 5 aromatic carbocycles. The van der Waals surface area contributed by atoms with Crippen molar-refractivity contribution in [1.82, 2.24) is 4.57 Å². The van der Waals surface area contributed by atoms with Crippen LogP contribution in [0.25, 0.3) is 66.5 Å². The lowest BCUT2D eigenvalue weighted by Crippen LogP contribution is -2.18. The van der Waals surface area contributed by atoms with Crippen LogP contribution in [-0.4, -0.2) is 4.57 Å². The van der Waals surface area contributed by atoms with Crippen LogP contribution in [0.1, 0.15) is 17.7 Å². The molecule has 1 aliphatic carbocycles.